The van der Waals surface area contributed by atoms with Crippen LogP contribution in [0.1, 0.15) is 28.8 Å². The van der Waals surface area contributed by atoms with Gasteiger partial charge < -0.3 is 15.1 Å². The third-order valence-electron chi connectivity index (χ3n) is 4.35. The summed E-state index contributed by atoms with van der Waals surface area (Å²) >= 11 is 3.40. The van der Waals surface area contributed by atoms with Crippen molar-refractivity contribution in [3.8, 4) is 0 Å². The second-order valence-corrected chi connectivity index (χ2v) is 6.85. The Labute approximate surface area is 142 Å². The van der Waals surface area contributed by atoms with E-state index in [9.17, 15) is 9.59 Å². The molecule has 0 spiro atoms. The number of amides is 1. The summed E-state index contributed by atoms with van der Waals surface area (Å²) in [6, 6.07) is 5.39. The highest BCUT2D eigenvalue weighted by Crippen LogP contribution is 2.23. The fourth-order valence-corrected chi connectivity index (χ4v) is 3.39. The molecule has 0 radical (unpaired) electrons. The molecule has 1 amide bonds. The SMILES string of the molecule is Cc1c(C(=O)NCCC2CCNC2)c(=O)oc2ccc(Br)cc12. The van der Waals surface area contributed by atoms with Gasteiger partial charge in [0.05, 0.1) is 0 Å². The zero-order valence-electron chi connectivity index (χ0n) is 12.9. The molecule has 1 unspecified atom stereocenters. The van der Waals surface area contributed by atoms with Crippen molar-refractivity contribution in [2.75, 3.05) is 19.6 Å². The average Bonchev–Trinajstić information content (AvgIpc) is 3.01. The van der Waals surface area contributed by atoms with Gasteiger partial charge in [-0.05, 0) is 62.5 Å². The summed E-state index contributed by atoms with van der Waals surface area (Å²) in [5.41, 5.74) is 0.652. The zero-order valence-corrected chi connectivity index (χ0v) is 14.5. The molecule has 2 N–H and O–H groups in total. The van der Waals surface area contributed by atoms with E-state index in [1.807, 2.05) is 6.07 Å². The molecule has 0 saturated carbocycles. The number of hydrogen-bond donors (Lipinski definition) is 2. The van der Waals surface area contributed by atoms with Crippen molar-refractivity contribution in [3.63, 3.8) is 0 Å². The highest BCUT2D eigenvalue weighted by Gasteiger charge is 2.19. The smallest absolute Gasteiger partial charge is 0.349 e. The standard InChI is InChI=1S/C17H19BrN2O3/c1-10-13-8-12(18)2-3-14(13)23-17(22)15(10)16(21)20-7-5-11-4-6-19-9-11/h2-3,8,11,19H,4-7,9H2,1H3,(H,20,21). The van der Waals surface area contributed by atoms with Crippen molar-refractivity contribution >= 4 is 32.8 Å². The van der Waals surface area contributed by atoms with Crippen LogP contribution in [-0.2, 0) is 0 Å². The maximum atomic E-state index is 12.4. The molecule has 1 aliphatic rings. The van der Waals surface area contributed by atoms with E-state index < -0.39 is 5.63 Å². The number of rotatable bonds is 4. The summed E-state index contributed by atoms with van der Waals surface area (Å²) in [5.74, 6) is 0.240. The van der Waals surface area contributed by atoms with E-state index in [0.29, 0.717) is 23.6 Å². The van der Waals surface area contributed by atoms with Crippen molar-refractivity contribution in [2.45, 2.75) is 19.8 Å². The molecule has 1 fully saturated rings. The van der Waals surface area contributed by atoms with Crippen LogP contribution in [0.15, 0.2) is 31.9 Å². The summed E-state index contributed by atoms with van der Waals surface area (Å²) in [7, 11) is 0. The van der Waals surface area contributed by atoms with Crippen LogP contribution in [0.3, 0.4) is 0 Å². The number of benzene rings is 1. The molecule has 2 heterocycles. The van der Waals surface area contributed by atoms with Crippen LogP contribution in [-0.4, -0.2) is 25.5 Å². The third kappa shape index (κ3) is 3.48. The van der Waals surface area contributed by atoms with Crippen LogP contribution in [0.4, 0.5) is 0 Å². The molecule has 0 aliphatic carbocycles. The molecule has 122 valence electrons. The fraction of sp³-hybridized carbons (Fsp3) is 0.412. The van der Waals surface area contributed by atoms with Gasteiger partial charge in [-0.1, -0.05) is 15.9 Å². The molecule has 1 saturated heterocycles. The van der Waals surface area contributed by atoms with E-state index in [2.05, 4.69) is 26.6 Å². The number of carbonyl (C=O) groups is 1. The van der Waals surface area contributed by atoms with Crippen LogP contribution < -0.4 is 16.3 Å². The van der Waals surface area contributed by atoms with Crippen LogP contribution in [0.5, 0.6) is 0 Å². The molecular formula is C17H19BrN2O3. The van der Waals surface area contributed by atoms with Gasteiger partial charge in [0.15, 0.2) is 0 Å². The minimum Gasteiger partial charge on any atom is -0.422 e. The minimum absolute atomic E-state index is 0.0974. The maximum absolute atomic E-state index is 12.4. The number of carbonyl (C=O) groups excluding carboxylic acids is 1. The topological polar surface area (TPSA) is 71.3 Å². The lowest BCUT2D eigenvalue weighted by Crippen LogP contribution is -2.31. The molecule has 3 rings (SSSR count). The van der Waals surface area contributed by atoms with Gasteiger partial charge in [-0.2, -0.15) is 0 Å². The van der Waals surface area contributed by atoms with Gasteiger partial charge in [-0.3, -0.25) is 4.79 Å². The molecule has 1 aliphatic heterocycles. The normalized spacial score (nSPS) is 17.6. The summed E-state index contributed by atoms with van der Waals surface area (Å²) in [6.07, 6.45) is 2.06. The Balaban J connectivity index is 1.80. The lowest BCUT2D eigenvalue weighted by Gasteiger charge is -2.11. The highest BCUT2D eigenvalue weighted by molar-refractivity contribution is 9.10. The molecule has 6 heteroatoms. The number of nitrogens with one attached hydrogen (secondary N) is 2. The van der Waals surface area contributed by atoms with Gasteiger partial charge in [0, 0.05) is 16.4 Å². The van der Waals surface area contributed by atoms with Gasteiger partial charge in [0.1, 0.15) is 11.1 Å². The maximum Gasteiger partial charge on any atom is 0.349 e. The molecule has 1 aromatic carbocycles. The molecule has 1 aromatic heterocycles. The van der Waals surface area contributed by atoms with Gasteiger partial charge in [0.2, 0.25) is 0 Å². The van der Waals surface area contributed by atoms with Gasteiger partial charge >= 0.3 is 5.63 Å². The lowest BCUT2D eigenvalue weighted by molar-refractivity contribution is 0.0947. The average molecular weight is 379 g/mol. The Morgan fingerprint density at radius 2 is 2.30 bits per heavy atom. The Kier molecular flexibility index (Phi) is 4.82. The molecule has 1 atom stereocenters. The Morgan fingerprint density at radius 3 is 3.04 bits per heavy atom. The van der Waals surface area contributed by atoms with E-state index in [1.54, 1.807) is 19.1 Å². The van der Waals surface area contributed by atoms with Crippen molar-refractivity contribution in [1.29, 1.82) is 0 Å². The fourth-order valence-electron chi connectivity index (χ4n) is 3.02. The first-order chi connectivity index (χ1) is 11.1. The summed E-state index contributed by atoms with van der Waals surface area (Å²) in [6.45, 7) is 4.39. The number of aryl methyl sites for hydroxylation is 1. The number of halogens is 1. The van der Waals surface area contributed by atoms with E-state index in [0.717, 1.165) is 35.8 Å². The largest absolute Gasteiger partial charge is 0.422 e. The first-order valence-electron chi connectivity index (χ1n) is 7.78. The second kappa shape index (κ2) is 6.84. The van der Waals surface area contributed by atoms with Crippen molar-refractivity contribution < 1.29 is 9.21 Å². The molecule has 0 bridgehead atoms. The van der Waals surface area contributed by atoms with Crippen LogP contribution in [0.2, 0.25) is 0 Å². The zero-order chi connectivity index (χ0) is 16.4. The van der Waals surface area contributed by atoms with Crippen LogP contribution in [0, 0.1) is 12.8 Å². The predicted molar refractivity (Wildman–Crippen MR) is 92.8 cm³/mol. The van der Waals surface area contributed by atoms with Gasteiger partial charge in [-0.25, -0.2) is 4.79 Å². The van der Waals surface area contributed by atoms with Crippen LogP contribution >= 0.6 is 15.9 Å². The van der Waals surface area contributed by atoms with E-state index in [1.165, 1.54) is 0 Å². The highest BCUT2D eigenvalue weighted by atomic mass is 79.9. The minimum atomic E-state index is -0.586. The molecule has 2 aromatic rings. The van der Waals surface area contributed by atoms with E-state index in [4.69, 9.17) is 4.42 Å². The monoisotopic (exact) mass is 378 g/mol. The van der Waals surface area contributed by atoms with Gasteiger partial charge in [0.25, 0.3) is 5.91 Å². The molecule has 5 nitrogen and oxygen atoms in total. The van der Waals surface area contributed by atoms with E-state index in [-0.39, 0.29) is 11.5 Å². The second-order valence-electron chi connectivity index (χ2n) is 5.93. The Morgan fingerprint density at radius 1 is 1.48 bits per heavy atom. The number of hydrogen-bond acceptors (Lipinski definition) is 4. The van der Waals surface area contributed by atoms with Crippen molar-refractivity contribution in [2.24, 2.45) is 5.92 Å². The van der Waals surface area contributed by atoms with Crippen molar-refractivity contribution in [3.05, 3.63) is 44.2 Å². The Bertz CT molecular complexity index is 794. The summed E-state index contributed by atoms with van der Waals surface area (Å²) < 4.78 is 6.16. The first-order valence-corrected chi connectivity index (χ1v) is 8.57. The molecular weight excluding hydrogens is 360 g/mol. The predicted octanol–water partition coefficient (Wildman–Crippen LogP) is 2.59. The quantitative estimate of drug-likeness (QED) is 0.802. The number of fused-ring (bicyclic) bond motifs is 1. The summed E-state index contributed by atoms with van der Waals surface area (Å²) in [5, 5.41) is 6.92. The van der Waals surface area contributed by atoms with Crippen molar-refractivity contribution in [1.82, 2.24) is 10.6 Å². The summed E-state index contributed by atoms with van der Waals surface area (Å²) in [4.78, 5) is 24.5. The Hall–Kier alpha value is -1.66. The molecule has 23 heavy (non-hydrogen) atoms. The van der Waals surface area contributed by atoms with E-state index >= 15 is 0 Å². The van der Waals surface area contributed by atoms with Gasteiger partial charge in [-0.15, -0.1) is 0 Å². The lowest BCUT2D eigenvalue weighted by atomic mass is 10.0. The first kappa shape index (κ1) is 16.2. The van der Waals surface area contributed by atoms with Crippen LogP contribution in [0.25, 0.3) is 11.0 Å². The third-order valence-corrected chi connectivity index (χ3v) is 4.85.